The summed E-state index contributed by atoms with van der Waals surface area (Å²) in [6, 6.07) is 23.9. The maximum atomic E-state index is 12.5. The minimum absolute atomic E-state index is 0.0332. The van der Waals surface area contributed by atoms with Gasteiger partial charge in [0.15, 0.2) is 0 Å². The molecule has 3 heteroatoms. The quantitative estimate of drug-likeness (QED) is 0.726. The highest BCUT2D eigenvalue weighted by atomic mass is 16.2. The first-order chi connectivity index (χ1) is 11.6. The molecule has 122 valence electrons. The summed E-state index contributed by atoms with van der Waals surface area (Å²) in [6.07, 6.45) is 0. The number of benzene rings is 3. The zero-order valence-corrected chi connectivity index (χ0v) is 14.0. The Morgan fingerprint density at radius 2 is 1.50 bits per heavy atom. The van der Waals surface area contributed by atoms with E-state index in [4.69, 9.17) is 0 Å². The SMILES string of the molecule is C[C@H](N[C@H](C)c1ccccc1)C(=O)Nc1cccc2ccccc12. The van der Waals surface area contributed by atoms with Gasteiger partial charge in [-0.25, -0.2) is 0 Å². The van der Waals surface area contributed by atoms with E-state index in [0.717, 1.165) is 16.5 Å². The van der Waals surface area contributed by atoms with Gasteiger partial charge in [0.25, 0.3) is 0 Å². The van der Waals surface area contributed by atoms with Crippen LogP contribution in [0.3, 0.4) is 0 Å². The van der Waals surface area contributed by atoms with E-state index in [1.54, 1.807) is 0 Å². The predicted molar refractivity (Wildman–Crippen MR) is 100 cm³/mol. The highest BCUT2D eigenvalue weighted by Crippen LogP contribution is 2.23. The molecule has 0 fully saturated rings. The van der Waals surface area contributed by atoms with E-state index >= 15 is 0 Å². The van der Waals surface area contributed by atoms with Gasteiger partial charge in [-0.05, 0) is 30.9 Å². The minimum atomic E-state index is -0.292. The maximum Gasteiger partial charge on any atom is 0.241 e. The van der Waals surface area contributed by atoms with Crippen LogP contribution in [0.1, 0.15) is 25.5 Å². The fourth-order valence-corrected chi connectivity index (χ4v) is 2.86. The predicted octanol–water partition coefficient (Wildman–Crippen LogP) is 4.52. The van der Waals surface area contributed by atoms with E-state index in [1.807, 2.05) is 67.6 Å². The van der Waals surface area contributed by atoms with Crippen molar-refractivity contribution in [2.75, 3.05) is 5.32 Å². The molecule has 0 radical (unpaired) electrons. The number of amides is 1. The highest BCUT2D eigenvalue weighted by molar-refractivity contribution is 6.03. The fourth-order valence-electron chi connectivity index (χ4n) is 2.86. The number of carbonyl (C=O) groups is 1. The molecule has 3 rings (SSSR count). The van der Waals surface area contributed by atoms with Crippen molar-refractivity contribution in [3.63, 3.8) is 0 Å². The average molecular weight is 318 g/mol. The first kappa shape index (κ1) is 16.2. The van der Waals surface area contributed by atoms with Gasteiger partial charge in [-0.1, -0.05) is 66.7 Å². The Morgan fingerprint density at radius 1 is 0.833 bits per heavy atom. The Bertz CT molecular complexity index is 824. The molecule has 2 atom stereocenters. The van der Waals surface area contributed by atoms with Crippen molar-refractivity contribution < 1.29 is 4.79 Å². The second kappa shape index (κ2) is 7.28. The number of rotatable bonds is 5. The van der Waals surface area contributed by atoms with Crippen LogP contribution in [0.5, 0.6) is 0 Å². The third-order valence-corrected chi connectivity index (χ3v) is 4.24. The van der Waals surface area contributed by atoms with Crippen molar-refractivity contribution in [2.45, 2.75) is 25.9 Å². The fraction of sp³-hybridized carbons (Fsp3) is 0.190. The molecule has 0 saturated heterocycles. The Balaban J connectivity index is 1.70. The molecule has 24 heavy (non-hydrogen) atoms. The van der Waals surface area contributed by atoms with Gasteiger partial charge in [-0.2, -0.15) is 0 Å². The molecule has 0 unspecified atom stereocenters. The van der Waals surface area contributed by atoms with Crippen molar-refractivity contribution in [1.82, 2.24) is 5.32 Å². The monoisotopic (exact) mass is 318 g/mol. The van der Waals surface area contributed by atoms with Crippen LogP contribution in [-0.2, 0) is 4.79 Å². The van der Waals surface area contributed by atoms with Crippen LogP contribution in [0, 0.1) is 0 Å². The molecule has 0 aliphatic heterocycles. The zero-order chi connectivity index (χ0) is 16.9. The molecule has 3 nitrogen and oxygen atoms in total. The van der Waals surface area contributed by atoms with Crippen LogP contribution in [0.15, 0.2) is 72.8 Å². The normalized spacial score (nSPS) is 13.4. The van der Waals surface area contributed by atoms with Gasteiger partial charge in [0.1, 0.15) is 0 Å². The minimum Gasteiger partial charge on any atom is -0.324 e. The van der Waals surface area contributed by atoms with E-state index < -0.39 is 0 Å². The molecule has 0 aliphatic carbocycles. The molecule has 2 N–H and O–H groups in total. The first-order valence-electron chi connectivity index (χ1n) is 8.25. The summed E-state index contributed by atoms with van der Waals surface area (Å²) in [4.78, 5) is 12.5. The van der Waals surface area contributed by atoms with Crippen molar-refractivity contribution >= 4 is 22.4 Å². The van der Waals surface area contributed by atoms with Crippen molar-refractivity contribution in [1.29, 1.82) is 0 Å². The third kappa shape index (κ3) is 3.63. The van der Waals surface area contributed by atoms with Crippen LogP contribution >= 0.6 is 0 Å². The van der Waals surface area contributed by atoms with E-state index in [1.165, 1.54) is 5.56 Å². The van der Waals surface area contributed by atoms with Gasteiger partial charge < -0.3 is 5.32 Å². The number of carbonyl (C=O) groups excluding carboxylic acids is 1. The lowest BCUT2D eigenvalue weighted by molar-refractivity contribution is -0.117. The molecule has 0 bridgehead atoms. The van der Waals surface area contributed by atoms with Crippen molar-refractivity contribution in [3.05, 3.63) is 78.4 Å². The molecule has 3 aromatic carbocycles. The Hall–Kier alpha value is -2.65. The summed E-state index contributed by atoms with van der Waals surface area (Å²) in [5, 5.41) is 8.56. The highest BCUT2D eigenvalue weighted by Gasteiger charge is 2.17. The Labute approximate surface area is 142 Å². The molecular weight excluding hydrogens is 296 g/mol. The number of anilines is 1. The molecule has 3 aromatic rings. The third-order valence-electron chi connectivity index (χ3n) is 4.24. The van der Waals surface area contributed by atoms with Gasteiger partial charge in [-0.3, -0.25) is 10.1 Å². The van der Waals surface area contributed by atoms with Crippen molar-refractivity contribution in [2.24, 2.45) is 0 Å². The molecule has 0 aromatic heterocycles. The molecule has 0 saturated carbocycles. The molecule has 1 amide bonds. The summed E-state index contributed by atoms with van der Waals surface area (Å²) < 4.78 is 0. The largest absolute Gasteiger partial charge is 0.324 e. The summed E-state index contributed by atoms with van der Waals surface area (Å²) in [6.45, 7) is 3.96. The van der Waals surface area contributed by atoms with Crippen LogP contribution in [0.2, 0.25) is 0 Å². The number of hydrogen-bond acceptors (Lipinski definition) is 2. The smallest absolute Gasteiger partial charge is 0.241 e. The van der Waals surface area contributed by atoms with Crippen molar-refractivity contribution in [3.8, 4) is 0 Å². The summed E-state index contributed by atoms with van der Waals surface area (Å²) in [5.74, 6) is -0.0332. The summed E-state index contributed by atoms with van der Waals surface area (Å²) >= 11 is 0. The van der Waals surface area contributed by atoms with Crippen LogP contribution in [-0.4, -0.2) is 11.9 Å². The van der Waals surface area contributed by atoms with Crippen LogP contribution < -0.4 is 10.6 Å². The van der Waals surface area contributed by atoms with E-state index in [-0.39, 0.29) is 18.0 Å². The van der Waals surface area contributed by atoms with Gasteiger partial charge in [-0.15, -0.1) is 0 Å². The van der Waals surface area contributed by atoms with Gasteiger partial charge in [0.2, 0.25) is 5.91 Å². The Morgan fingerprint density at radius 3 is 2.29 bits per heavy atom. The Kier molecular flexibility index (Phi) is 4.92. The van der Waals surface area contributed by atoms with Gasteiger partial charge >= 0.3 is 0 Å². The topological polar surface area (TPSA) is 41.1 Å². The molecule has 0 spiro atoms. The molecule has 0 heterocycles. The second-order valence-electron chi connectivity index (χ2n) is 6.04. The average Bonchev–Trinajstić information content (AvgIpc) is 2.62. The van der Waals surface area contributed by atoms with Gasteiger partial charge in [0.05, 0.1) is 6.04 Å². The van der Waals surface area contributed by atoms with E-state index in [0.29, 0.717) is 0 Å². The van der Waals surface area contributed by atoms with Crippen LogP contribution in [0.4, 0.5) is 5.69 Å². The standard InChI is InChI=1S/C21H22N2O/c1-15(17-9-4-3-5-10-17)22-16(2)21(24)23-20-14-8-12-18-11-6-7-13-19(18)20/h3-16,22H,1-2H3,(H,23,24)/t15-,16+/m1/s1. The summed E-state index contributed by atoms with van der Waals surface area (Å²) in [7, 11) is 0. The van der Waals surface area contributed by atoms with Crippen LogP contribution in [0.25, 0.3) is 10.8 Å². The van der Waals surface area contributed by atoms with E-state index in [9.17, 15) is 4.79 Å². The zero-order valence-electron chi connectivity index (χ0n) is 14.0. The molecular formula is C21H22N2O. The second-order valence-corrected chi connectivity index (χ2v) is 6.04. The lowest BCUT2D eigenvalue weighted by atomic mass is 10.1. The van der Waals surface area contributed by atoms with E-state index in [2.05, 4.69) is 29.7 Å². The number of nitrogens with one attached hydrogen (secondary N) is 2. The first-order valence-corrected chi connectivity index (χ1v) is 8.25. The lowest BCUT2D eigenvalue weighted by Crippen LogP contribution is -2.39. The summed E-state index contributed by atoms with van der Waals surface area (Å²) in [5.41, 5.74) is 2.02. The van der Waals surface area contributed by atoms with Gasteiger partial charge in [0, 0.05) is 17.1 Å². The number of hydrogen-bond donors (Lipinski definition) is 2. The number of fused-ring (bicyclic) bond motifs is 1. The lowest BCUT2D eigenvalue weighted by Gasteiger charge is -2.20. The molecule has 0 aliphatic rings. The maximum absolute atomic E-state index is 12.5.